The number of fused-ring (bicyclic) bond motifs is 1. The molecule has 0 radical (unpaired) electrons. The van der Waals surface area contributed by atoms with Gasteiger partial charge in [0.1, 0.15) is 11.5 Å². The van der Waals surface area contributed by atoms with Crippen molar-refractivity contribution in [3.8, 4) is 5.75 Å². The molecule has 1 N–H and O–H groups in total. The Morgan fingerprint density at radius 3 is 2.48 bits per heavy atom. The van der Waals surface area contributed by atoms with Gasteiger partial charge in [-0.1, -0.05) is 48.5 Å². The molecular weight excluding hydrogens is 374 g/mol. The van der Waals surface area contributed by atoms with Crippen LogP contribution in [0.3, 0.4) is 0 Å². The Morgan fingerprint density at radius 1 is 1.07 bits per heavy atom. The Labute approximate surface area is 165 Å². The predicted molar refractivity (Wildman–Crippen MR) is 107 cm³/mol. The van der Waals surface area contributed by atoms with Crippen LogP contribution in [-0.2, 0) is 0 Å². The van der Waals surface area contributed by atoms with Crippen LogP contribution in [0.2, 0.25) is 0 Å². The average molecular weight is 391 g/mol. The molecule has 1 unspecified atom stereocenters. The summed E-state index contributed by atoms with van der Waals surface area (Å²) >= 11 is 0. The summed E-state index contributed by atoms with van der Waals surface area (Å²) < 4.78 is 10.9. The van der Waals surface area contributed by atoms with E-state index in [2.05, 4.69) is 0 Å². The maximum atomic E-state index is 12.7. The van der Waals surface area contributed by atoms with Gasteiger partial charge in [0.2, 0.25) is 0 Å². The second-order valence-corrected chi connectivity index (χ2v) is 6.67. The van der Waals surface area contributed by atoms with Crippen molar-refractivity contribution in [1.29, 1.82) is 0 Å². The van der Waals surface area contributed by atoms with Gasteiger partial charge in [0, 0.05) is 30.5 Å². The second-order valence-electron chi connectivity index (χ2n) is 6.67. The minimum Gasteiger partial charge on any atom is -0.464 e. The van der Waals surface area contributed by atoms with Crippen molar-refractivity contribution in [2.75, 3.05) is 0 Å². The summed E-state index contributed by atoms with van der Waals surface area (Å²) in [6, 6.07) is 17.0. The topological polar surface area (TPSA) is 103 Å². The highest BCUT2D eigenvalue weighted by atomic mass is 16.6. The van der Waals surface area contributed by atoms with Gasteiger partial charge in [-0.05, 0) is 17.2 Å². The van der Waals surface area contributed by atoms with Crippen molar-refractivity contribution in [2.45, 2.75) is 18.6 Å². The van der Waals surface area contributed by atoms with Crippen molar-refractivity contribution in [3.05, 3.63) is 104 Å². The fraction of sp³-hybridized carbons (Fsp3) is 0.136. The van der Waals surface area contributed by atoms with Gasteiger partial charge in [0.25, 0.3) is 5.69 Å². The average Bonchev–Trinajstić information content (AvgIpc) is 2.72. The molecule has 0 bridgehead atoms. The molecule has 4 rings (SSSR count). The van der Waals surface area contributed by atoms with Crippen molar-refractivity contribution in [3.63, 3.8) is 0 Å². The van der Waals surface area contributed by atoms with Crippen molar-refractivity contribution in [2.24, 2.45) is 0 Å². The Bertz CT molecular complexity index is 1120. The maximum absolute atomic E-state index is 12.7. The largest absolute Gasteiger partial charge is 0.464 e. The molecule has 0 saturated carbocycles. The third kappa shape index (κ3) is 3.95. The zero-order chi connectivity index (χ0) is 20.4. The molecule has 2 aromatic carbocycles. The highest BCUT2D eigenvalue weighted by Crippen LogP contribution is 2.39. The first-order valence-electron chi connectivity index (χ1n) is 9.01. The van der Waals surface area contributed by atoms with Crippen molar-refractivity contribution < 1.29 is 19.2 Å². The third-order valence-electron chi connectivity index (χ3n) is 4.76. The molecule has 29 heavy (non-hydrogen) atoms. The molecule has 0 amide bonds. The van der Waals surface area contributed by atoms with Crippen LogP contribution in [0.5, 0.6) is 5.75 Å². The van der Waals surface area contributed by atoms with Gasteiger partial charge < -0.3 is 14.3 Å². The minimum absolute atomic E-state index is 0.0463. The van der Waals surface area contributed by atoms with Crippen molar-refractivity contribution in [1.82, 2.24) is 0 Å². The number of hydrogen-bond acceptors (Lipinski definition) is 6. The molecular formula is C22H17NO6. The van der Waals surface area contributed by atoms with E-state index in [1.54, 1.807) is 30.4 Å². The highest BCUT2D eigenvalue weighted by molar-refractivity contribution is 5.68. The molecule has 1 aliphatic heterocycles. The van der Waals surface area contributed by atoms with E-state index in [-0.39, 0.29) is 17.9 Å². The first-order chi connectivity index (χ1) is 14.0. The molecule has 0 aliphatic carbocycles. The quantitative estimate of drug-likeness (QED) is 0.534. The second kappa shape index (κ2) is 7.73. The number of ether oxygens (including phenoxy) is 1. The smallest absolute Gasteiger partial charge is 0.343 e. The molecule has 0 spiro atoms. The van der Waals surface area contributed by atoms with Crippen LogP contribution in [0.25, 0.3) is 12.2 Å². The summed E-state index contributed by atoms with van der Waals surface area (Å²) in [5, 5.41) is 21.0. The van der Waals surface area contributed by atoms with Gasteiger partial charge in [0.15, 0.2) is 6.29 Å². The van der Waals surface area contributed by atoms with E-state index in [9.17, 15) is 20.0 Å². The van der Waals surface area contributed by atoms with Gasteiger partial charge in [0.05, 0.1) is 10.5 Å². The Balaban J connectivity index is 1.70. The summed E-state index contributed by atoms with van der Waals surface area (Å²) in [5.41, 5.74) is 1.29. The number of hydrogen-bond donors (Lipinski definition) is 1. The van der Waals surface area contributed by atoms with Gasteiger partial charge in [-0.25, -0.2) is 4.79 Å². The Hall–Kier alpha value is -3.71. The lowest BCUT2D eigenvalue weighted by atomic mass is 9.87. The van der Waals surface area contributed by atoms with Crippen LogP contribution < -0.4 is 10.4 Å². The summed E-state index contributed by atoms with van der Waals surface area (Å²) in [7, 11) is 0. The molecule has 1 aromatic heterocycles. The molecule has 1 aliphatic rings. The zero-order valence-electron chi connectivity index (χ0n) is 15.2. The van der Waals surface area contributed by atoms with Crippen molar-refractivity contribution >= 4 is 17.8 Å². The standard InChI is InChI=1S/C22H17NO6/c24-20-13-18(15-7-9-16(10-8-15)23(26)27)21-19(29-20)12-17(28-22(21)25)11-6-14-4-2-1-3-5-14/h1-12,18,20,24H,13H2/b11-6+/t18-,20?/m0/s1. The first-order valence-corrected chi connectivity index (χ1v) is 9.01. The molecule has 7 nitrogen and oxygen atoms in total. The number of aliphatic hydroxyl groups excluding tert-OH is 1. The monoisotopic (exact) mass is 391 g/mol. The summed E-state index contributed by atoms with van der Waals surface area (Å²) in [5.74, 6) is 0.0585. The number of nitrogens with zero attached hydrogens (tertiary/aromatic N) is 1. The molecule has 3 aromatic rings. The maximum Gasteiger partial charge on any atom is 0.343 e. The number of benzene rings is 2. The Morgan fingerprint density at radius 2 is 1.79 bits per heavy atom. The van der Waals surface area contributed by atoms with Gasteiger partial charge in [-0.2, -0.15) is 0 Å². The van der Waals surface area contributed by atoms with E-state index in [0.29, 0.717) is 16.9 Å². The minimum atomic E-state index is -1.10. The fourth-order valence-electron chi connectivity index (χ4n) is 3.38. The van der Waals surface area contributed by atoms with Crippen LogP contribution in [0.1, 0.15) is 34.8 Å². The van der Waals surface area contributed by atoms with E-state index in [4.69, 9.17) is 9.15 Å². The molecule has 7 heteroatoms. The number of aliphatic hydroxyl groups is 1. The van der Waals surface area contributed by atoms with Gasteiger partial charge >= 0.3 is 5.63 Å². The fourth-order valence-corrected chi connectivity index (χ4v) is 3.38. The first kappa shape index (κ1) is 18.6. The number of rotatable bonds is 4. The van der Waals surface area contributed by atoms with Crippen LogP contribution in [-0.4, -0.2) is 16.3 Å². The van der Waals surface area contributed by atoms with Crippen LogP contribution in [0, 0.1) is 10.1 Å². The lowest BCUT2D eigenvalue weighted by molar-refractivity contribution is -0.384. The summed E-state index contributed by atoms with van der Waals surface area (Å²) in [6.45, 7) is 0. The lowest BCUT2D eigenvalue weighted by Gasteiger charge is -2.28. The normalized spacial score (nSPS) is 18.2. The summed E-state index contributed by atoms with van der Waals surface area (Å²) in [6.07, 6.45) is 2.50. The van der Waals surface area contributed by atoms with Crippen LogP contribution in [0.15, 0.2) is 69.9 Å². The van der Waals surface area contributed by atoms with Gasteiger partial charge in [-0.3, -0.25) is 10.1 Å². The van der Waals surface area contributed by atoms with E-state index in [1.807, 2.05) is 30.3 Å². The number of nitro benzene ring substituents is 1. The predicted octanol–water partition coefficient (Wildman–Crippen LogP) is 3.95. The van der Waals surface area contributed by atoms with Crippen LogP contribution >= 0.6 is 0 Å². The third-order valence-corrected chi connectivity index (χ3v) is 4.76. The van der Waals surface area contributed by atoms with E-state index < -0.39 is 22.8 Å². The van der Waals surface area contributed by atoms with E-state index in [0.717, 1.165) is 5.56 Å². The number of nitro groups is 1. The summed E-state index contributed by atoms with van der Waals surface area (Å²) in [4.78, 5) is 23.1. The molecule has 0 fully saturated rings. The zero-order valence-corrected chi connectivity index (χ0v) is 15.2. The highest BCUT2D eigenvalue weighted by Gasteiger charge is 2.32. The van der Waals surface area contributed by atoms with E-state index >= 15 is 0 Å². The molecule has 2 heterocycles. The Kier molecular flexibility index (Phi) is 4.97. The van der Waals surface area contributed by atoms with Gasteiger partial charge in [-0.15, -0.1) is 0 Å². The van der Waals surface area contributed by atoms with E-state index in [1.165, 1.54) is 12.1 Å². The van der Waals surface area contributed by atoms with Crippen LogP contribution in [0.4, 0.5) is 5.69 Å². The number of non-ortho nitro benzene ring substituents is 1. The lowest BCUT2D eigenvalue weighted by Crippen LogP contribution is -2.30. The molecule has 146 valence electrons. The SMILES string of the molecule is O=c1oc(/C=C/c2ccccc2)cc2c1[C@H](c1ccc([N+](=O)[O-])cc1)CC(O)O2. The molecule has 2 atom stereocenters. The molecule has 0 saturated heterocycles.